The van der Waals surface area contributed by atoms with Crippen LogP contribution in [0.1, 0.15) is 54.9 Å². The molecule has 0 bridgehead atoms. The number of hydrogen-bond acceptors (Lipinski definition) is 5. The van der Waals surface area contributed by atoms with Gasteiger partial charge < -0.3 is 14.1 Å². The van der Waals surface area contributed by atoms with Gasteiger partial charge in [-0.1, -0.05) is 18.2 Å². The third-order valence-corrected chi connectivity index (χ3v) is 5.02. The molecule has 1 aromatic heterocycles. The minimum absolute atomic E-state index is 0.0332. The van der Waals surface area contributed by atoms with Crippen LogP contribution in [-0.2, 0) is 4.79 Å². The molecule has 0 spiro atoms. The summed E-state index contributed by atoms with van der Waals surface area (Å²) in [5.41, 5.74) is 1.04. The molecule has 0 N–H and O–H groups in total. The van der Waals surface area contributed by atoms with Gasteiger partial charge in [0, 0.05) is 24.9 Å². The molecule has 1 aromatic carbocycles. The van der Waals surface area contributed by atoms with Crippen LogP contribution in [0.25, 0.3) is 0 Å². The van der Waals surface area contributed by atoms with Crippen molar-refractivity contribution in [2.45, 2.75) is 44.4 Å². The molecular formula is C19H23N3O3. The summed E-state index contributed by atoms with van der Waals surface area (Å²) >= 11 is 0. The van der Waals surface area contributed by atoms with Gasteiger partial charge in [0.1, 0.15) is 5.75 Å². The van der Waals surface area contributed by atoms with E-state index in [2.05, 4.69) is 10.2 Å². The molecule has 2 aromatic rings. The summed E-state index contributed by atoms with van der Waals surface area (Å²) in [6, 6.07) is 7.74. The van der Waals surface area contributed by atoms with Gasteiger partial charge in [0.25, 0.3) is 5.91 Å². The van der Waals surface area contributed by atoms with Crippen LogP contribution in [0.3, 0.4) is 0 Å². The number of piperidine rings is 1. The van der Waals surface area contributed by atoms with E-state index in [1.165, 1.54) is 0 Å². The smallest absolute Gasteiger partial charge is 0.260 e. The molecule has 1 aliphatic heterocycles. The molecule has 0 atom stereocenters. The second kappa shape index (κ2) is 6.86. The molecule has 1 saturated carbocycles. The Bertz CT molecular complexity index is 746. The molecule has 4 rings (SSSR count). The van der Waals surface area contributed by atoms with Crippen molar-refractivity contribution in [1.29, 1.82) is 0 Å². The fourth-order valence-corrected chi connectivity index (χ4v) is 3.23. The summed E-state index contributed by atoms with van der Waals surface area (Å²) < 4.78 is 11.5. The van der Waals surface area contributed by atoms with E-state index in [0.29, 0.717) is 19.0 Å². The van der Waals surface area contributed by atoms with Crippen LogP contribution in [0.4, 0.5) is 0 Å². The third kappa shape index (κ3) is 3.67. The molecule has 25 heavy (non-hydrogen) atoms. The van der Waals surface area contributed by atoms with Crippen LogP contribution in [0, 0.1) is 6.92 Å². The number of para-hydroxylation sites is 1. The van der Waals surface area contributed by atoms with Gasteiger partial charge in [-0.05, 0) is 44.2 Å². The number of likely N-dealkylation sites (tertiary alicyclic amines) is 1. The average Bonchev–Trinajstić information content (AvgIpc) is 3.38. The van der Waals surface area contributed by atoms with Crippen molar-refractivity contribution >= 4 is 5.91 Å². The summed E-state index contributed by atoms with van der Waals surface area (Å²) in [6.07, 6.45) is 4.05. The molecule has 6 heteroatoms. The van der Waals surface area contributed by atoms with E-state index in [4.69, 9.17) is 9.15 Å². The van der Waals surface area contributed by atoms with Gasteiger partial charge in [0.05, 0.1) is 0 Å². The van der Waals surface area contributed by atoms with E-state index in [1.807, 2.05) is 36.1 Å². The summed E-state index contributed by atoms with van der Waals surface area (Å²) in [5.74, 6) is 3.09. The van der Waals surface area contributed by atoms with Gasteiger partial charge in [0.15, 0.2) is 6.61 Å². The van der Waals surface area contributed by atoms with Gasteiger partial charge in [-0.2, -0.15) is 0 Å². The van der Waals surface area contributed by atoms with Gasteiger partial charge in [-0.25, -0.2) is 0 Å². The number of amides is 1. The lowest BCUT2D eigenvalue weighted by Gasteiger charge is -2.30. The molecule has 0 unspecified atom stereocenters. The first-order valence-electron chi connectivity index (χ1n) is 9.00. The van der Waals surface area contributed by atoms with E-state index < -0.39 is 0 Å². The van der Waals surface area contributed by atoms with Crippen LogP contribution >= 0.6 is 0 Å². The highest BCUT2D eigenvalue weighted by Crippen LogP contribution is 2.40. The molecule has 0 radical (unpaired) electrons. The number of hydrogen-bond donors (Lipinski definition) is 0. The van der Waals surface area contributed by atoms with Gasteiger partial charge in [0.2, 0.25) is 11.8 Å². The van der Waals surface area contributed by atoms with Crippen LogP contribution in [0.2, 0.25) is 0 Å². The standard InChI is InChI=1S/C19H23N3O3/c1-13-4-2-3-5-16(13)24-12-17(23)22-10-8-15(9-11-22)19-21-20-18(25-19)14-6-7-14/h2-5,14-15H,6-12H2,1H3. The summed E-state index contributed by atoms with van der Waals surface area (Å²) in [7, 11) is 0. The Kier molecular flexibility index (Phi) is 4.42. The zero-order valence-electron chi connectivity index (χ0n) is 14.5. The summed E-state index contributed by atoms with van der Waals surface area (Å²) in [6.45, 7) is 3.48. The topological polar surface area (TPSA) is 68.5 Å². The summed E-state index contributed by atoms with van der Waals surface area (Å²) in [4.78, 5) is 14.2. The highest BCUT2D eigenvalue weighted by Gasteiger charge is 2.32. The number of benzene rings is 1. The highest BCUT2D eigenvalue weighted by molar-refractivity contribution is 5.77. The lowest BCUT2D eigenvalue weighted by Crippen LogP contribution is -2.40. The molecule has 2 fully saturated rings. The minimum Gasteiger partial charge on any atom is -0.484 e. The summed E-state index contributed by atoms with van der Waals surface area (Å²) in [5, 5.41) is 8.37. The Morgan fingerprint density at radius 2 is 1.76 bits per heavy atom. The van der Waals surface area contributed by atoms with Crippen molar-refractivity contribution in [2.24, 2.45) is 0 Å². The fraction of sp³-hybridized carbons (Fsp3) is 0.526. The average molecular weight is 341 g/mol. The SMILES string of the molecule is Cc1ccccc1OCC(=O)N1CCC(c2nnc(C3CC3)o2)CC1. The predicted molar refractivity (Wildman–Crippen MR) is 91.5 cm³/mol. The quantitative estimate of drug-likeness (QED) is 0.836. The monoisotopic (exact) mass is 341 g/mol. The Morgan fingerprint density at radius 1 is 1.12 bits per heavy atom. The molecule has 6 nitrogen and oxygen atoms in total. The van der Waals surface area contributed by atoms with Crippen molar-refractivity contribution in [2.75, 3.05) is 19.7 Å². The second-order valence-corrected chi connectivity index (χ2v) is 6.96. The number of carbonyl (C=O) groups is 1. The van der Waals surface area contributed by atoms with Gasteiger partial charge >= 0.3 is 0 Å². The Balaban J connectivity index is 1.27. The van der Waals surface area contributed by atoms with Crippen LogP contribution in [0.15, 0.2) is 28.7 Å². The number of nitrogens with zero attached hydrogens (tertiary/aromatic N) is 3. The van der Waals surface area contributed by atoms with E-state index in [0.717, 1.165) is 48.8 Å². The number of aromatic nitrogens is 2. The first-order valence-corrected chi connectivity index (χ1v) is 9.00. The zero-order chi connectivity index (χ0) is 17.2. The normalized spacial score (nSPS) is 18.4. The van der Waals surface area contributed by atoms with Crippen molar-refractivity contribution in [3.05, 3.63) is 41.6 Å². The van der Waals surface area contributed by atoms with E-state index in [-0.39, 0.29) is 18.4 Å². The largest absolute Gasteiger partial charge is 0.484 e. The maximum absolute atomic E-state index is 12.4. The zero-order valence-corrected chi connectivity index (χ0v) is 14.5. The lowest BCUT2D eigenvalue weighted by molar-refractivity contribution is -0.134. The maximum atomic E-state index is 12.4. The van der Waals surface area contributed by atoms with Crippen LogP contribution in [-0.4, -0.2) is 40.7 Å². The molecule has 2 aliphatic rings. The molecule has 132 valence electrons. The van der Waals surface area contributed by atoms with E-state index in [9.17, 15) is 4.79 Å². The number of ether oxygens (including phenoxy) is 1. The first-order chi connectivity index (χ1) is 12.2. The van der Waals surface area contributed by atoms with E-state index in [1.54, 1.807) is 0 Å². The number of carbonyl (C=O) groups excluding carboxylic acids is 1. The Labute approximate surface area is 147 Å². The second-order valence-electron chi connectivity index (χ2n) is 6.96. The van der Waals surface area contributed by atoms with Crippen molar-refractivity contribution in [3.63, 3.8) is 0 Å². The lowest BCUT2D eigenvalue weighted by atomic mass is 9.97. The van der Waals surface area contributed by atoms with Gasteiger partial charge in [-0.15, -0.1) is 10.2 Å². The highest BCUT2D eigenvalue weighted by atomic mass is 16.5. The van der Waals surface area contributed by atoms with Crippen LogP contribution in [0.5, 0.6) is 5.75 Å². The van der Waals surface area contributed by atoms with E-state index >= 15 is 0 Å². The third-order valence-electron chi connectivity index (χ3n) is 5.02. The minimum atomic E-state index is 0.0332. The number of aryl methyl sites for hydroxylation is 1. The fourth-order valence-electron chi connectivity index (χ4n) is 3.23. The first kappa shape index (κ1) is 16.1. The van der Waals surface area contributed by atoms with Crippen LogP contribution < -0.4 is 4.74 Å². The molecular weight excluding hydrogens is 318 g/mol. The maximum Gasteiger partial charge on any atom is 0.260 e. The van der Waals surface area contributed by atoms with Crippen molar-refractivity contribution in [1.82, 2.24) is 15.1 Å². The molecule has 1 saturated heterocycles. The molecule has 1 aliphatic carbocycles. The number of rotatable bonds is 5. The molecule has 1 amide bonds. The van der Waals surface area contributed by atoms with Crippen molar-refractivity contribution < 1.29 is 13.9 Å². The molecule has 2 heterocycles. The van der Waals surface area contributed by atoms with Gasteiger partial charge in [-0.3, -0.25) is 4.79 Å². The van der Waals surface area contributed by atoms with Crippen molar-refractivity contribution in [3.8, 4) is 5.75 Å². The predicted octanol–water partition coefficient (Wildman–Crippen LogP) is 3.04. The Morgan fingerprint density at radius 3 is 2.40 bits per heavy atom. The Hall–Kier alpha value is -2.37.